The van der Waals surface area contributed by atoms with Crippen molar-refractivity contribution in [3.8, 4) is 28.5 Å². The molecule has 32 heavy (non-hydrogen) atoms. The van der Waals surface area contributed by atoms with E-state index < -0.39 is 0 Å². The minimum absolute atomic E-state index is 0.0191. The van der Waals surface area contributed by atoms with E-state index in [9.17, 15) is 9.90 Å². The molecule has 0 aliphatic rings. The molecule has 1 aromatic heterocycles. The molecule has 0 radical (unpaired) electrons. The third kappa shape index (κ3) is 6.33. The Kier molecular flexibility index (Phi) is 8.26. The maximum atomic E-state index is 12.3. The topological polar surface area (TPSA) is 68.7 Å². The lowest BCUT2D eigenvalue weighted by Gasteiger charge is -2.13. The van der Waals surface area contributed by atoms with Crippen LogP contribution in [-0.4, -0.2) is 29.1 Å². The number of hydrogen-bond acceptors (Lipinski definition) is 5. The van der Waals surface area contributed by atoms with Crippen molar-refractivity contribution in [2.75, 3.05) is 13.2 Å². The van der Waals surface area contributed by atoms with Crippen LogP contribution in [0.3, 0.4) is 0 Å². The van der Waals surface area contributed by atoms with Crippen LogP contribution in [0.2, 0.25) is 0 Å². The first kappa shape index (κ1) is 23.3. The lowest BCUT2D eigenvalue weighted by molar-refractivity contribution is 0.0965. The molecule has 2 aromatic carbocycles. The number of Topliss-reactive ketones (excluding diaryl/α,β-unsaturated/α-hetero) is 1. The monoisotopic (exact) mass is 433 g/mol. The Balaban J connectivity index is 1.41. The minimum atomic E-state index is -0.0441. The van der Waals surface area contributed by atoms with E-state index in [-0.39, 0.29) is 17.5 Å². The fourth-order valence-corrected chi connectivity index (χ4v) is 3.38. The van der Waals surface area contributed by atoms with Gasteiger partial charge in [0.1, 0.15) is 17.2 Å². The van der Waals surface area contributed by atoms with Gasteiger partial charge in [-0.15, -0.1) is 0 Å². The van der Waals surface area contributed by atoms with Crippen molar-refractivity contribution in [1.82, 2.24) is 4.98 Å². The summed E-state index contributed by atoms with van der Waals surface area (Å²) in [6, 6.07) is 17.2. The highest BCUT2D eigenvalue weighted by Crippen LogP contribution is 2.32. The summed E-state index contributed by atoms with van der Waals surface area (Å²) in [5.41, 5.74) is 2.96. The molecule has 5 nitrogen and oxygen atoms in total. The van der Waals surface area contributed by atoms with Gasteiger partial charge in [0.05, 0.1) is 24.5 Å². The van der Waals surface area contributed by atoms with Gasteiger partial charge in [0, 0.05) is 23.7 Å². The summed E-state index contributed by atoms with van der Waals surface area (Å²) in [7, 11) is 0. The third-order valence-corrected chi connectivity index (χ3v) is 5.16. The molecular formula is C27H31NO4. The highest BCUT2D eigenvalue weighted by Gasteiger charge is 2.17. The lowest BCUT2D eigenvalue weighted by Crippen LogP contribution is -2.06. The van der Waals surface area contributed by atoms with Crippen LogP contribution in [0.5, 0.6) is 17.2 Å². The van der Waals surface area contributed by atoms with E-state index in [1.54, 1.807) is 25.3 Å². The first-order valence-electron chi connectivity index (χ1n) is 11.1. The zero-order valence-electron chi connectivity index (χ0n) is 19.0. The van der Waals surface area contributed by atoms with Gasteiger partial charge in [-0.25, -0.2) is 0 Å². The summed E-state index contributed by atoms with van der Waals surface area (Å²) in [6.45, 7) is 6.86. The number of phenols is 1. The standard InChI is InChI=1S/C27H31NO4/c1-19(2)18-25(29)23-13-14-26(20(3)27(23)30)32-17-7-6-16-31-22-11-9-21(10-12-22)24-8-4-5-15-28-24/h4-5,8-15,19,30H,6-7,16-18H2,1-3H3. The molecule has 0 amide bonds. The van der Waals surface area contributed by atoms with Crippen LogP contribution < -0.4 is 9.47 Å². The first-order chi connectivity index (χ1) is 15.5. The van der Waals surface area contributed by atoms with Crippen LogP contribution >= 0.6 is 0 Å². The van der Waals surface area contributed by atoms with Gasteiger partial charge in [0.25, 0.3) is 0 Å². The maximum Gasteiger partial charge on any atom is 0.166 e. The highest BCUT2D eigenvalue weighted by molar-refractivity contribution is 5.99. The second-order valence-corrected chi connectivity index (χ2v) is 8.25. The molecule has 0 spiro atoms. The molecule has 0 saturated heterocycles. The Bertz CT molecular complexity index is 1010. The normalized spacial score (nSPS) is 10.9. The number of carbonyl (C=O) groups is 1. The number of ether oxygens (including phenoxy) is 2. The van der Waals surface area contributed by atoms with Crippen molar-refractivity contribution in [2.45, 2.75) is 40.0 Å². The van der Waals surface area contributed by atoms with Crippen molar-refractivity contribution in [3.05, 3.63) is 71.9 Å². The molecule has 3 aromatic rings. The second kappa shape index (κ2) is 11.3. The van der Waals surface area contributed by atoms with E-state index >= 15 is 0 Å². The van der Waals surface area contributed by atoms with Gasteiger partial charge in [-0.05, 0) is 74.2 Å². The van der Waals surface area contributed by atoms with Gasteiger partial charge in [-0.2, -0.15) is 0 Å². The number of benzene rings is 2. The van der Waals surface area contributed by atoms with E-state index in [0.717, 1.165) is 29.8 Å². The SMILES string of the molecule is Cc1c(OCCCCOc2ccc(-c3ccccn3)cc2)ccc(C(=O)CC(C)C)c1O. The van der Waals surface area contributed by atoms with E-state index in [1.165, 1.54) is 0 Å². The van der Waals surface area contributed by atoms with Gasteiger partial charge >= 0.3 is 0 Å². The zero-order valence-corrected chi connectivity index (χ0v) is 19.0. The Morgan fingerprint density at radius 1 is 0.969 bits per heavy atom. The number of phenolic OH excluding ortho intramolecular Hbond substituents is 1. The van der Waals surface area contributed by atoms with Crippen molar-refractivity contribution >= 4 is 5.78 Å². The first-order valence-corrected chi connectivity index (χ1v) is 11.1. The van der Waals surface area contributed by atoms with Crippen LogP contribution in [0.4, 0.5) is 0 Å². The summed E-state index contributed by atoms with van der Waals surface area (Å²) >= 11 is 0. The summed E-state index contributed by atoms with van der Waals surface area (Å²) in [5.74, 6) is 1.66. The number of pyridine rings is 1. The van der Waals surface area contributed by atoms with Gasteiger partial charge in [0.2, 0.25) is 0 Å². The van der Waals surface area contributed by atoms with Crippen molar-refractivity contribution < 1.29 is 19.4 Å². The molecule has 0 saturated carbocycles. The number of nitrogens with zero attached hydrogens (tertiary/aromatic N) is 1. The van der Waals surface area contributed by atoms with Crippen LogP contribution in [0, 0.1) is 12.8 Å². The molecule has 0 unspecified atom stereocenters. The Morgan fingerprint density at radius 2 is 1.69 bits per heavy atom. The number of hydrogen-bond donors (Lipinski definition) is 1. The summed E-state index contributed by atoms with van der Waals surface area (Å²) in [6.07, 6.45) is 3.86. The van der Waals surface area contributed by atoms with Crippen molar-refractivity contribution in [3.63, 3.8) is 0 Å². The van der Waals surface area contributed by atoms with Gasteiger partial charge in [0.15, 0.2) is 5.78 Å². The van der Waals surface area contributed by atoms with E-state index in [0.29, 0.717) is 36.5 Å². The molecule has 0 fully saturated rings. The molecule has 0 aliphatic carbocycles. The molecule has 0 atom stereocenters. The molecule has 1 N–H and O–H groups in total. The number of unbranched alkanes of at least 4 members (excludes halogenated alkanes) is 1. The number of aromatic nitrogens is 1. The fourth-order valence-electron chi connectivity index (χ4n) is 3.38. The van der Waals surface area contributed by atoms with Crippen molar-refractivity contribution in [2.24, 2.45) is 5.92 Å². The third-order valence-electron chi connectivity index (χ3n) is 5.16. The number of ketones is 1. The Morgan fingerprint density at radius 3 is 2.34 bits per heavy atom. The van der Waals surface area contributed by atoms with Crippen LogP contribution in [0.25, 0.3) is 11.3 Å². The van der Waals surface area contributed by atoms with Gasteiger partial charge in [-0.1, -0.05) is 19.9 Å². The smallest absolute Gasteiger partial charge is 0.166 e. The molecule has 0 bridgehead atoms. The minimum Gasteiger partial charge on any atom is -0.507 e. The Hall–Kier alpha value is -3.34. The van der Waals surface area contributed by atoms with E-state index in [4.69, 9.17) is 9.47 Å². The molecule has 3 rings (SSSR count). The fraction of sp³-hybridized carbons (Fsp3) is 0.333. The van der Waals surface area contributed by atoms with E-state index in [2.05, 4.69) is 4.98 Å². The average molecular weight is 434 g/mol. The average Bonchev–Trinajstić information content (AvgIpc) is 2.79. The molecular weight excluding hydrogens is 402 g/mol. The predicted molar refractivity (Wildman–Crippen MR) is 127 cm³/mol. The quantitative estimate of drug-likeness (QED) is 0.287. The molecule has 5 heteroatoms. The molecule has 1 heterocycles. The largest absolute Gasteiger partial charge is 0.507 e. The van der Waals surface area contributed by atoms with Gasteiger partial charge in [-0.3, -0.25) is 9.78 Å². The summed E-state index contributed by atoms with van der Waals surface area (Å²) in [4.78, 5) is 16.6. The van der Waals surface area contributed by atoms with Gasteiger partial charge < -0.3 is 14.6 Å². The van der Waals surface area contributed by atoms with Crippen LogP contribution in [0.15, 0.2) is 60.8 Å². The summed E-state index contributed by atoms with van der Waals surface area (Å²) < 4.78 is 11.6. The van der Waals surface area contributed by atoms with E-state index in [1.807, 2.05) is 56.3 Å². The highest BCUT2D eigenvalue weighted by atomic mass is 16.5. The lowest BCUT2D eigenvalue weighted by atomic mass is 9.98. The van der Waals surface area contributed by atoms with Crippen molar-refractivity contribution in [1.29, 1.82) is 0 Å². The number of carbonyl (C=O) groups excluding carboxylic acids is 1. The second-order valence-electron chi connectivity index (χ2n) is 8.25. The maximum absolute atomic E-state index is 12.3. The Labute approximate surface area is 190 Å². The van der Waals surface area contributed by atoms with Crippen LogP contribution in [-0.2, 0) is 0 Å². The van der Waals surface area contributed by atoms with Crippen LogP contribution in [0.1, 0.15) is 49.0 Å². The molecule has 0 aliphatic heterocycles. The zero-order chi connectivity index (χ0) is 22.9. The number of aromatic hydroxyl groups is 1. The predicted octanol–water partition coefficient (Wildman–Crippen LogP) is 6.23. The molecule has 168 valence electrons. The number of rotatable bonds is 11. The summed E-state index contributed by atoms with van der Waals surface area (Å²) in [5, 5.41) is 10.4.